The molecule has 0 aromatic rings. The van der Waals surface area contributed by atoms with Crippen molar-refractivity contribution in [1.29, 1.82) is 0 Å². The maximum atomic E-state index is 12.8. The predicted octanol–water partition coefficient (Wildman–Crippen LogP) is 1.63. The average molecular weight is 210 g/mol. The van der Waals surface area contributed by atoms with E-state index in [0.717, 1.165) is 6.42 Å². The topological polar surface area (TPSA) is 43.4 Å². The summed E-state index contributed by atoms with van der Waals surface area (Å²) in [6.07, 6.45) is 1.49. The lowest BCUT2D eigenvalue weighted by atomic mass is 9.85. The SMILES string of the molecule is CC(C)OCC1(S(=O)(=O)F)CCC1. The second kappa shape index (κ2) is 3.53. The van der Waals surface area contributed by atoms with Gasteiger partial charge in [0.25, 0.3) is 0 Å². The quantitative estimate of drug-likeness (QED) is 0.662. The summed E-state index contributed by atoms with van der Waals surface area (Å²) in [4.78, 5) is 0. The average Bonchev–Trinajstić information content (AvgIpc) is 1.80. The summed E-state index contributed by atoms with van der Waals surface area (Å²) in [5, 5.41) is 0. The molecule has 0 bridgehead atoms. The molecule has 0 heterocycles. The van der Waals surface area contributed by atoms with Gasteiger partial charge in [-0.15, -0.1) is 3.89 Å². The molecule has 0 atom stereocenters. The van der Waals surface area contributed by atoms with Crippen LogP contribution in [-0.4, -0.2) is 25.9 Å². The van der Waals surface area contributed by atoms with Crippen molar-refractivity contribution in [3.05, 3.63) is 0 Å². The first-order valence-corrected chi connectivity index (χ1v) is 5.82. The van der Waals surface area contributed by atoms with Gasteiger partial charge in [0.1, 0.15) is 4.75 Å². The highest BCUT2D eigenvalue weighted by atomic mass is 32.3. The molecule has 1 aliphatic rings. The Morgan fingerprint density at radius 2 is 2.00 bits per heavy atom. The van der Waals surface area contributed by atoms with Crippen LogP contribution in [0.2, 0.25) is 0 Å². The van der Waals surface area contributed by atoms with E-state index in [4.69, 9.17) is 4.74 Å². The van der Waals surface area contributed by atoms with Crippen molar-refractivity contribution in [3.8, 4) is 0 Å². The Bertz CT molecular complexity index is 267. The fourth-order valence-corrected chi connectivity index (χ4v) is 2.33. The van der Waals surface area contributed by atoms with Crippen LogP contribution in [0.1, 0.15) is 33.1 Å². The zero-order valence-electron chi connectivity index (χ0n) is 7.92. The summed E-state index contributed by atoms with van der Waals surface area (Å²) >= 11 is 0. The molecule has 0 radical (unpaired) electrons. The Balaban J connectivity index is 2.61. The molecular weight excluding hydrogens is 195 g/mol. The Hall–Kier alpha value is -0.160. The van der Waals surface area contributed by atoms with Gasteiger partial charge in [0.15, 0.2) is 0 Å². The van der Waals surface area contributed by atoms with Gasteiger partial charge < -0.3 is 4.74 Å². The Kier molecular flexibility index (Phi) is 2.97. The molecule has 78 valence electrons. The van der Waals surface area contributed by atoms with Crippen LogP contribution >= 0.6 is 0 Å². The van der Waals surface area contributed by atoms with Crippen molar-refractivity contribution in [3.63, 3.8) is 0 Å². The van der Waals surface area contributed by atoms with E-state index in [1.807, 2.05) is 0 Å². The lowest BCUT2D eigenvalue weighted by Gasteiger charge is -2.37. The molecule has 0 aliphatic heterocycles. The molecule has 3 nitrogen and oxygen atoms in total. The monoisotopic (exact) mass is 210 g/mol. The molecule has 1 rings (SSSR count). The molecule has 0 aromatic heterocycles. The third kappa shape index (κ3) is 2.20. The minimum Gasteiger partial charge on any atom is -0.377 e. The smallest absolute Gasteiger partial charge is 0.310 e. The molecule has 0 spiro atoms. The van der Waals surface area contributed by atoms with Crippen LogP contribution in [0, 0.1) is 0 Å². The Morgan fingerprint density at radius 3 is 2.23 bits per heavy atom. The molecule has 1 fully saturated rings. The van der Waals surface area contributed by atoms with Gasteiger partial charge in [-0.2, -0.15) is 8.42 Å². The van der Waals surface area contributed by atoms with Gasteiger partial charge in [0, 0.05) is 0 Å². The summed E-state index contributed by atoms with van der Waals surface area (Å²) in [6, 6.07) is 0. The van der Waals surface area contributed by atoms with Crippen molar-refractivity contribution in [2.24, 2.45) is 0 Å². The summed E-state index contributed by atoms with van der Waals surface area (Å²) in [7, 11) is -4.45. The highest BCUT2D eigenvalue weighted by molar-refractivity contribution is 7.87. The summed E-state index contributed by atoms with van der Waals surface area (Å²) in [5.74, 6) is 0. The molecule has 0 saturated heterocycles. The predicted molar refractivity (Wildman–Crippen MR) is 47.7 cm³/mol. The first-order valence-electron chi connectivity index (χ1n) is 4.43. The number of rotatable bonds is 4. The molecule has 0 aromatic carbocycles. The molecule has 5 heteroatoms. The zero-order valence-corrected chi connectivity index (χ0v) is 8.73. The third-order valence-electron chi connectivity index (χ3n) is 2.46. The van der Waals surface area contributed by atoms with Crippen LogP contribution in [0.15, 0.2) is 0 Å². The molecule has 13 heavy (non-hydrogen) atoms. The van der Waals surface area contributed by atoms with E-state index in [1.54, 1.807) is 13.8 Å². The van der Waals surface area contributed by atoms with Crippen molar-refractivity contribution < 1.29 is 17.0 Å². The van der Waals surface area contributed by atoms with Crippen molar-refractivity contribution in [2.75, 3.05) is 6.61 Å². The second-order valence-corrected chi connectivity index (χ2v) is 5.58. The largest absolute Gasteiger partial charge is 0.377 e. The van der Waals surface area contributed by atoms with Gasteiger partial charge in [-0.25, -0.2) is 0 Å². The van der Waals surface area contributed by atoms with E-state index in [9.17, 15) is 12.3 Å². The standard InChI is InChI=1S/C8H15FO3S/c1-7(2)12-6-8(4-3-5-8)13(9,10)11/h7H,3-6H2,1-2H3. The second-order valence-electron chi connectivity index (χ2n) is 3.83. The number of halogens is 1. The van der Waals surface area contributed by atoms with Gasteiger partial charge in [-0.3, -0.25) is 0 Å². The van der Waals surface area contributed by atoms with Crippen LogP contribution < -0.4 is 0 Å². The van der Waals surface area contributed by atoms with Crippen LogP contribution in [0.4, 0.5) is 3.89 Å². The van der Waals surface area contributed by atoms with E-state index in [2.05, 4.69) is 0 Å². The fraction of sp³-hybridized carbons (Fsp3) is 1.00. The summed E-state index contributed by atoms with van der Waals surface area (Å²) in [5.41, 5.74) is 0. The highest BCUT2D eigenvalue weighted by Crippen LogP contribution is 2.40. The van der Waals surface area contributed by atoms with Gasteiger partial charge in [-0.1, -0.05) is 0 Å². The normalized spacial score (nSPS) is 21.5. The van der Waals surface area contributed by atoms with Crippen molar-refractivity contribution in [2.45, 2.75) is 44.0 Å². The van der Waals surface area contributed by atoms with Gasteiger partial charge in [0.05, 0.1) is 12.7 Å². The molecule has 1 saturated carbocycles. The van der Waals surface area contributed by atoms with Crippen LogP contribution in [0.5, 0.6) is 0 Å². The summed E-state index contributed by atoms with van der Waals surface area (Å²) in [6.45, 7) is 3.60. The number of hydrogen-bond donors (Lipinski definition) is 0. The molecule has 0 amide bonds. The number of ether oxygens (including phenoxy) is 1. The minimum atomic E-state index is -4.45. The summed E-state index contributed by atoms with van der Waals surface area (Å²) < 4.78 is 38.4. The molecule has 0 unspecified atom stereocenters. The van der Waals surface area contributed by atoms with E-state index < -0.39 is 15.0 Å². The molecular formula is C8H15FO3S. The minimum absolute atomic E-state index is 0.0104. The van der Waals surface area contributed by atoms with Gasteiger partial charge in [0.2, 0.25) is 0 Å². The fourth-order valence-electron chi connectivity index (χ4n) is 1.35. The van der Waals surface area contributed by atoms with Crippen LogP contribution in [-0.2, 0) is 15.0 Å². The molecule has 1 aliphatic carbocycles. The lowest BCUT2D eigenvalue weighted by Crippen LogP contribution is -2.47. The highest BCUT2D eigenvalue weighted by Gasteiger charge is 2.49. The maximum Gasteiger partial charge on any atom is 0.310 e. The van der Waals surface area contributed by atoms with Crippen molar-refractivity contribution >= 4 is 10.2 Å². The molecule has 0 N–H and O–H groups in total. The van der Waals surface area contributed by atoms with Crippen LogP contribution in [0.3, 0.4) is 0 Å². The third-order valence-corrected chi connectivity index (χ3v) is 4.02. The van der Waals surface area contributed by atoms with Gasteiger partial charge >= 0.3 is 10.2 Å². The van der Waals surface area contributed by atoms with E-state index in [0.29, 0.717) is 12.8 Å². The van der Waals surface area contributed by atoms with Crippen LogP contribution in [0.25, 0.3) is 0 Å². The van der Waals surface area contributed by atoms with Gasteiger partial charge in [-0.05, 0) is 33.1 Å². The first-order chi connectivity index (χ1) is 5.87. The maximum absolute atomic E-state index is 12.8. The zero-order chi connectivity index (χ0) is 10.1. The van der Waals surface area contributed by atoms with E-state index in [-0.39, 0.29) is 12.7 Å². The van der Waals surface area contributed by atoms with E-state index >= 15 is 0 Å². The van der Waals surface area contributed by atoms with E-state index in [1.165, 1.54) is 0 Å². The first kappa shape index (κ1) is 10.9. The Labute approximate surface area is 78.5 Å². The number of hydrogen-bond acceptors (Lipinski definition) is 3. The lowest BCUT2D eigenvalue weighted by molar-refractivity contribution is 0.0387. The van der Waals surface area contributed by atoms with Crippen molar-refractivity contribution in [1.82, 2.24) is 0 Å². The Morgan fingerprint density at radius 1 is 1.46 bits per heavy atom.